The molecule has 0 unspecified atom stereocenters. The fraction of sp³-hybridized carbons (Fsp3) is 0.300. The van der Waals surface area contributed by atoms with Crippen molar-refractivity contribution < 1.29 is 9.59 Å². The van der Waals surface area contributed by atoms with Crippen LogP contribution in [0.4, 0.5) is 5.69 Å². The monoisotopic (exact) mass is 348 g/mol. The lowest BCUT2D eigenvalue weighted by Crippen LogP contribution is -2.32. The van der Waals surface area contributed by atoms with Gasteiger partial charge in [-0.25, -0.2) is 0 Å². The van der Waals surface area contributed by atoms with Gasteiger partial charge in [-0.05, 0) is 43.2 Å². The topological polar surface area (TPSA) is 86.1 Å². The molecule has 0 spiro atoms. The number of carbonyl (C=O) groups excluding carboxylic acids is 2. The first-order chi connectivity index (χ1) is 12.7. The Morgan fingerprint density at radius 2 is 1.85 bits per heavy atom. The van der Waals surface area contributed by atoms with Gasteiger partial charge in [0.05, 0.1) is 11.6 Å². The Morgan fingerprint density at radius 3 is 2.58 bits per heavy atom. The van der Waals surface area contributed by atoms with Crippen molar-refractivity contribution in [1.29, 1.82) is 5.26 Å². The zero-order chi connectivity index (χ0) is 18.4. The zero-order valence-electron chi connectivity index (χ0n) is 14.4. The molecular formula is C20H20N4O2. The molecule has 3 rings (SSSR count). The van der Waals surface area contributed by atoms with E-state index < -0.39 is 0 Å². The summed E-state index contributed by atoms with van der Waals surface area (Å²) < 4.78 is 0. The first-order valence-corrected chi connectivity index (χ1v) is 8.74. The average molecular weight is 348 g/mol. The van der Waals surface area contributed by atoms with Crippen LogP contribution in [0.25, 0.3) is 0 Å². The summed E-state index contributed by atoms with van der Waals surface area (Å²) in [5.74, 6) is -0.472. The highest BCUT2D eigenvalue weighted by atomic mass is 16.2. The number of nitrogens with one attached hydrogen (secondary N) is 1. The van der Waals surface area contributed by atoms with Gasteiger partial charge in [-0.1, -0.05) is 18.9 Å². The number of nitrogens with zero attached hydrogens (tertiary/aromatic N) is 3. The molecule has 1 aromatic carbocycles. The molecule has 6 nitrogen and oxygen atoms in total. The third-order valence-corrected chi connectivity index (χ3v) is 4.38. The Labute approximate surface area is 152 Å². The Morgan fingerprint density at radius 1 is 1.08 bits per heavy atom. The molecule has 0 radical (unpaired) electrons. The lowest BCUT2D eigenvalue weighted by atomic mass is 10.1. The van der Waals surface area contributed by atoms with Crippen molar-refractivity contribution in [2.24, 2.45) is 0 Å². The second-order valence-corrected chi connectivity index (χ2v) is 6.28. The number of likely N-dealkylation sites (tertiary alicyclic amines) is 1. The third-order valence-electron chi connectivity index (χ3n) is 4.38. The van der Waals surface area contributed by atoms with E-state index >= 15 is 0 Å². The van der Waals surface area contributed by atoms with Crippen LogP contribution in [0.2, 0.25) is 0 Å². The molecule has 1 aliphatic heterocycles. The van der Waals surface area contributed by atoms with Crippen molar-refractivity contribution in [2.75, 3.05) is 18.4 Å². The van der Waals surface area contributed by atoms with Crippen molar-refractivity contribution in [3.05, 3.63) is 59.4 Å². The van der Waals surface area contributed by atoms with Crippen LogP contribution in [0.1, 0.15) is 52.1 Å². The molecule has 0 atom stereocenters. The first kappa shape index (κ1) is 17.6. The SMILES string of the molecule is N#Cc1cccc(NC(=O)c2ccnc(C(=O)N3CCCCCC3)c2)c1. The summed E-state index contributed by atoms with van der Waals surface area (Å²) in [6.45, 7) is 1.47. The number of aromatic nitrogens is 1. The van der Waals surface area contributed by atoms with Crippen LogP contribution in [-0.4, -0.2) is 34.8 Å². The number of benzene rings is 1. The van der Waals surface area contributed by atoms with Gasteiger partial charge in [0.2, 0.25) is 0 Å². The van der Waals surface area contributed by atoms with E-state index in [2.05, 4.69) is 10.3 Å². The summed E-state index contributed by atoms with van der Waals surface area (Å²) >= 11 is 0. The van der Waals surface area contributed by atoms with E-state index in [1.807, 2.05) is 11.0 Å². The maximum Gasteiger partial charge on any atom is 0.272 e. The number of hydrogen-bond donors (Lipinski definition) is 1. The van der Waals surface area contributed by atoms with Gasteiger partial charge in [-0.15, -0.1) is 0 Å². The van der Waals surface area contributed by atoms with Crippen molar-refractivity contribution >= 4 is 17.5 Å². The van der Waals surface area contributed by atoms with Gasteiger partial charge >= 0.3 is 0 Å². The average Bonchev–Trinajstić information content (AvgIpc) is 2.97. The fourth-order valence-corrected chi connectivity index (χ4v) is 2.99. The van der Waals surface area contributed by atoms with E-state index in [-0.39, 0.29) is 17.5 Å². The molecule has 0 aliphatic carbocycles. The van der Waals surface area contributed by atoms with Gasteiger partial charge in [0, 0.05) is 30.5 Å². The van der Waals surface area contributed by atoms with E-state index in [4.69, 9.17) is 5.26 Å². The van der Waals surface area contributed by atoms with Gasteiger partial charge in [0.1, 0.15) is 5.69 Å². The van der Waals surface area contributed by atoms with Crippen LogP contribution in [0.5, 0.6) is 0 Å². The van der Waals surface area contributed by atoms with E-state index in [1.165, 1.54) is 12.3 Å². The van der Waals surface area contributed by atoms with Crippen molar-refractivity contribution in [3.63, 3.8) is 0 Å². The first-order valence-electron chi connectivity index (χ1n) is 8.74. The Bertz CT molecular complexity index is 849. The molecule has 0 bridgehead atoms. The number of nitriles is 1. The smallest absolute Gasteiger partial charge is 0.272 e. The number of rotatable bonds is 3. The number of pyridine rings is 1. The van der Waals surface area contributed by atoms with E-state index in [1.54, 1.807) is 30.3 Å². The normalized spacial score (nSPS) is 14.2. The summed E-state index contributed by atoms with van der Waals surface area (Å²) in [5.41, 5.74) is 1.65. The summed E-state index contributed by atoms with van der Waals surface area (Å²) in [4.78, 5) is 31.1. The highest BCUT2D eigenvalue weighted by Gasteiger charge is 2.19. The van der Waals surface area contributed by atoms with Gasteiger partial charge in [0.25, 0.3) is 11.8 Å². The molecule has 6 heteroatoms. The van der Waals surface area contributed by atoms with Gasteiger partial charge < -0.3 is 10.2 Å². The van der Waals surface area contributed by atoms with Crippen LogP contribution in [0.15, 0.2) is 42.6 Å². The minimum atomic E-state index is -0.340. The second kappa shape index (κ2) is 8.26. The molecule has 132 valence electrons. The van der Waals surface area contributed by atoms with Crippen LogP contribution in [-0.2, 0) is 0 Å². The summed E-state index contributed by atoms with van der Waals surface area (Å²) in [7, 11) is 0. The van der Waals surface area contributed by atoms with Gasteiger partial charge in [-0.3, -0.25) is 14.6 Å². The van der Waals surface area contributed by atoms with Gasteiger partial charge in [0.15, 0.2) is 0 Å². The molecule has 1 saturated heterocycles. The molecule has 2 amide bonds. The summed E-state index contributed by atoms with van der Waals surface area (Å²) in [6.07, 6.45) is 5.76. The Hall–Kier alpha value is -3.20. The highest BCUT2D eigenvalue weighted by molar-refractivity contribution is 6.05. The molecule has 2 aromatic rings. The number of amides is 2. The number of anilines is 1. The summed E-state index contributed by atoms with van der Waals surface area (Å²) in [5, 5.41) is 11.7. The Kier molecular flexibility index (Phi) is 5.59. The number of carbonyl (C=O) groups is 2. The largest absolute Gasteiger partial charge is 0.337 e. The Balaban J connectivity index is 1.74. The molecule has 1 aliphatic rings. The maximum absolute atomic E-state index is 12.7. The lowest BCUT2D eigenvalue weighted by Gasteiger charge is -2.19. The standard InChI is InChI=1S/C20H20N4O2/c21-14-15-6-5-7-17(12-15)23-19(25)16-8-9-22-18(13-16)20(26)24-10-3-1-2-4-11-24/h5-9,12-13H,1-4,10-11H2,(H,23,25). The minimum absolute atomic E-state index is 0.131. The highest BCUT2D eigenvalue weighted by Crippen LogP contribution is 2.15. The zero-order valence-corrected chi connectivity index (χ0v) is 14.4. The van der Waals surface area contributed by atoms with Crippen molar-refractivity contribution in [2.45, 2.75) is 25.7 Å². The van der Waals surface area contributed by atoms with Crippen LogP contribution >= 0.6 is 0 Å². The van der Waals surface area contributed by atoms with Gasteiger partial charge in [-0.2, -0.15) is 5.26 Å². The van der Waals surface area contributed by atoms with Crippen molar-refractivity contribution in [1.82, 2.24) is 9.88 Å². The predicted octanol–water partition coefficient (Wildman–Crippen LogP) is 3.22. The molecule has 0 saturated carbocycles. The molecule has 1 aromatic heterocycles. The minimum Gasteiger partial charge on any atom is -0.337 e. The quantitative estimate of drug-likeness (QED) is 0.923. The molecular weight excluding hydrogens is 328 g/mol. The van der Waals surface area contributed by atoms with Crippen LogP contribution in [0, 0.1) is 11.3 Å². The number of hydrogen-bond acceptors (Lipinski definition) is 4. The van der Waals surface area contributed by atoms with Crippen molar-refractivity contribution in [3.8, 4) is 6.07 Å². The maximum atomic E-state index is 12.7. The van der Waals surface area contributed by atoms with E-state index in [9.17, 15) is 9.59 Å². The fourth-order valence-electron chi connectivity index (χ4n) is 2.99. The predicted molar refractivity (Wildman–Crippen MR) is 97.7 cm³/mol. The molecule has 1 fully saturated rings. The summed E-state index contributed by atoms with van der Waals surface area (Å²) in [6, 6.07) is 11.8. The van der Waals surface area contributed by atoms with Crippen LogP contribution < -0.4 is 5.32 Å². The third kappa shape index (κ3) is 4.25. The molecule has 2 heterocycles. The van der Waals surface area contributed by atoms with E-state index in [0.29, 0.717) is 16.8 Å². The molecule has 1 N–H and O–H groups in total. The molecule has 26 heavy (non-hydrogen) atoms. The second-order valence-electron chi connectivity index (χ2n) is 6.28. The van der Waals surface area contributed by atoms with Crippen LogP contribution in [0.3, 0.4) is 0 Å². The lowest BCUT2D eigenvalue weighted by molar-refractivity contribution is 0.0755. The van der Waals surface area contributed by atoms with E-state index in [0.717, 1.165) is 38.8 Å².